The van der Waals surface area contributed by atoms with Gasteiger partial charge in [0.15, 0.2) is 0 Å². The van der Waals surface area contributed by atoms with Crippen LogP contribution in [0.3, 0.4) is 0 Å². The maximum atomic E-state index is 11.4. The summed E-state index contributed by atoms with van der Waals surface area (Å²) in [4.78, 5) is 24.9. The summed E-state index contributed by atoms with van der Waals surface area (Å²) in [7, 11) is 1.95. The average molecular weight is 301 g/mol. The highest BCUT2D eigenvalue weighted by atomic mass is 16.5. The Kier molecular flexibility index (Phi) is 13.1. The minimum Gasteiger partial charge on any atom is -0.466 e. The van der Waals surface area contributed by atoms with E-state index in [1.807, 2.05) is 11.9 Å². The fourth-order valence-corrected chi connectivity index (χ4v) is 1.69. The zero-order valence-electron chi connectivity index (χ0n) is 13.9. The lowest BCUT2D eigenvalue weighted by molar-refractivity contribution is -0.145. The van der Waals surface area contributed by atoms with E-state index in [2.05, 4.69) is 13.8 Å². The molecule has 0 aromatic rings. The normalized spacial score (nSPS) is 10.7. The number of nitrogens with zero attached hydrogens (tertiary/aromatic N) is 1. The molecule has 0 aliphatic carbocycles. The zero-order chi connectivity index (χ0) is 15.9. The Bertz CT molecular complexity index is 281. The van der Waals surface area contributed by atoms with Crippen LogP contribution in [0.4, 0.5) is 0 Å². The lowest BCUT2D eigenvalue weighted by Gasteiger charge is -2.15. The van der Waals surface area contributed by atoms with Crippen LogP contribution >= 0.6 is 0 Å². The molecule has 21 heavy (non-hydrogen) atoms. The number of carbonyl (C=O) groups excluding carboxylic acids is 2. The van der Waals surface area contributed by atoms with Crippen LogP contribution < -0.4 is 0 Å². The maximum absolute atomic E-state index is 11.4. The molecule has 0 aliphatic rings. The molecule has 0 saturated carbocycles. The Labute approximate surface area is 129 Å². The molecule has 0 atom stereocenters. The van der Waals surface area contributed by atoms with Crippen LogP contribution in [0.5, 0.6) is 0 Å². The Morgan fingerprint density at radius 3 is 1.86 bits per heavy atom. The van der Waals surface area contributed by atoms with Crippen LogP contribution in [0.25, 0.3) is 0 Å². The van der Waals surface area contributed by atoms with Crippen molar-refractivity contribution in [2.24, 2.45) is 0 Å². The van der Waals surface area contributed by atoms with Gasteiger partial charge in [-0.2, -0.15) is 0 Å². The van der Waals surface area contributed by atoms with Gasteiger partial charge in [0, 0.05) is 13.0 Å². The minimum atomic E-state index is -0.144. The number of hydrogen-bond acceptors (Lipinski definition) is 5. The standard InChI is InChI=1S/C16H31NO4/c1-4-6-13-20-15(18)9-8-11-17(3)12-10-16(19)21-14-7-5-2/h4-14H2,1-3H3. The third-order valence-electron chi connectivity index (χ3n) is 3.14. The van der Waals surface area contributed by atoms with Crippen LogP contribution in [-0.2, 0) is 19.1 Å². The van der Waals surface area contributed by atoms with Crippen LogP contribution in [-0.4, -0.2) is 50.2 Å². The lowest BCUT2D eigenvalue weighted by atomic mass is 10.3. The first-order chi connectivity index (χ1) is 10.1. The first kappa shape index (κ1) is 19.9. The topological polar surface area (TPSA) is 55.8 Å². The van der Waals surface area contributed by atoms with Crippen molar-refractivity contribution in [2.75, 3.05) is 33.4 Å². The molecular weight excluding hydrogens is 270 g/mol. The van der Waals surface area contributed by atoms with Crippen molar-refractivity contribution in [3.05, 3.63) is 0 Å². The van der Waals surface area contributed by atoms with Crippen molar-refractivity contribution in [3.63, 3.8) is 0 Å². The van der Waals surface area contributed by atoms with Crippen molar-refractivity contribution < 1.29 is 19.1 Å². The molecule has 0 aromatic heterocycles. The van der Waals surface area contributed by atoms with Gasteiger partial charge >= 0.3 is 11.9 Å². The molecule has 0 rings (SSSR count). The number of carbonyl (C=O) groups is 2. The number of rotatable bonds is 13. The molecule has 0 spiro atoms. The lowest BCUT2D eigenvalue weighted by Crippen LogP contribution is -2.24. The number of unbranched alkanes of at least 4 members (excludes halogenated alkanes) is 2. The van der Waals surface area contributed by atoms with Gasteiger partial charge in [-0.25, -0.2) is 0 Å². The quantitative estimate of drug-likeness (QED) is 0.387. The van der Waals surface area contributed by atoms with Crippen LogP contribution in [0, 0.1) is 0 Å². The number of hydrogen-bond donors (Lipinski definition) is 0. The van der Waals surface area contributed by atoms with Crippen molar-refractivity contribution >= 4 is 11.9 Å². The molecular formula is C16H31NO4. The first-order valence-corrected chi connectivity index (χ1v) is 8.09. The van der Waals surface area contributed by atoms with E-state index in [9.17, 15) is 9.59 Å². The summed E-state index contributed by atoms with van der Waals surface area (Å²) in [6.07, 6.45) is 5.50. The highest BCUT2D eigenvalue weighted by molar-refractivity contribution is 5.69. The second-order valence-corrected chi connectivity index (χ2v) is 5.30. The Balaban J connectivity index is 3.51. The summed E-state index contributed by atoms with van der Waals surface area (Å²) in [5.74, 6) is -0.273. The number of ether oxygens (including phenoxy) is 2. The number of esters is 2. The Hall–Kier alpha value is -1.10. The van der Waals surface area contributed by atoms with Crippen molar-refractivity contribution in [1.29, 1.82) is 0 Å². The Morgan fingerprint density at radius 2 is 1.33 bits per heavy atom. The third-order valence-corrected chi connectivity index (χ3v) is 3.14. The summed E-state index contributed by atoms with van der Waals surface area (Å²) in [6.45, 7) is 6.61. The molecule has 0 saturated heterocycles. The fraction of sp³-hybridized carbons (Fsp3) is 0.875. The van der Waals surface area contributed by atoms with Gasteiger partial charge < -0.3 is 14.4 Å². The third kappa shape index (κ3) is 13.6. The molecule has 0 radical (unpaired) electrons. The summed E-state index contributed by atoms with van der Waals surface area (Å²) < 4.78 is 10.2. The highest BCUT2D eigenvalue weighted by Crippen LogP contribution is 1.99. The van der Waals surface area contributed by atoms with E-state index in [0.717, 1.165) is 38.6 Å². The second kappa shape index (κ2) is 13.9. The maximum Gasteiger partial charge on any atom is 0.307 e. The monoisotopic (exact) mass is 301 g/mol. The van der Waals surface area contributed by atoms with Crippen LogP contribution in [0.1, 0.15) is 58.8 Å². The first-order valence-electron chi connectivity index (χ1n) is 8.09. The smallest absolute Gasteiger partial charge is 0.307 e. The van der Waals surface area contributed by atoms with Gasteiger partial charge in [0.05, 0.1) is 19.6 Å². The van der Waals surface area contributed by atoms with Gasteiger partial charge in [-0.15, -0.1) is 0 Å². The van der Waals surface area contributed by atoms with Crippen molar-refractivity contribution in [1.82, 2.24) is 4.90 Å². The molecule has 0 aliphatic heterocycles. The summed E-state index contributed by atoms with van der Waals surface area (Å²) >= 11 is 0. The molecule has 0 fully saturated rings. The summed E-state index contributed by atoms with van der Waals surface area (Å²) in [5.41, 5.74) is 0. The molecule has 0 aromatic carbocycles. The molecule has 0 unspecified atom stereocenters. The molecule has 0 bridgehead atoms. The molecule has 0 N–H and O–H groups in total. The van der Waals surface area contributed by atoms with Crippen molar-refractivity contribution in [3.8, 4) is 0 Å². The van der Waals surface area contributed by atoms with Gasteiger partial charge in [-0.3, -0.25) is 9.59 Å². The van der Waals surface area contributed by atoms with Gasteiger partial charge in [-0.05, 0) is 32.9 Å². The molecule has 5 nitrogen and oxygen atoms in total. The van der Waals surface area contributed by atoms with E-state index >= 15 is 0 Å². The van der Waals surface area contributed by atoms with Gasteiger partial charge in [0.25, 0.3) is 0 Å². The summed E-state index contributed by atoms with van der Waals surface area (Å²) in [6, 6.07) is 0. The van der Waals surface area contributed by atoms with Gasteiger partial charge in [0.1, 0.15) is 0 Å². The van der Waals surface area contributed by atoms with E-state index in [1.54, 1.807) is 0 Å². The second-order valence-electron chi connectivity index (χ2n) is 5.30. The molecule has 124 valence electrons. The van der Waals surface area contributed by atoms with E-state index in [1.165, 1.54) is 0 Å². The van der Waals surface area contributed by atoms with Crippen LogP contribution in [0.2, 0.25) is 0 Å². The average Bonchev–Trinajstić information content (AvgIpc) is 2.46. The summed E-state index contributed by atoms with van der Waals surface area (Å²) in [5, 5.41) is 0. The minimum absolute atomic E-state index is 0.129. The molecule has 0 heterocycles. The SMILES string of the molecule is CCCCOC(=O)CCCN(C)CCC(=O)OCCCC. The highest BCUT2D eigenvalue weighted by Gasteiger charge is 2.07. The Morgan fingerprint density at radius 1 is 0.810 bits per heavy atom. The van der Waals surface area contributed by atoms with Crippen molar-refractivity contribution in [2.45, 2.75) is 58.8 Å². The molecule has 0 amide bonds. The zero-order valence-corrected chi connectivity index (χ0v) is 13.9. The van der Waals surface area contributed by atoms with E-state index in [-0.39, 0.29) is 11.9 Å². The largest absolute Gasteiger partial charge is 0.466 e. The van der Waals surface area contributed by atoms with Gasteiger partial charge in [0.2, 0.25) is 0 Å². The van der Waals surface area contributed by atoms with Gasteiger partial charge in [-0.1, -0.05) is 26.7 Å². The molecule has 5 heteroatoms. The van der Waals surface area contributed by atoms with E-state index in [4.69, 9.17) is 9.47 Å². The van der Waals surface area contributed by atoms with E-state index in [0.29, 0.717) is 32.6 Å². The fourth-order valence-electron chi connectivity index (χ4n) is 1.69. The predicted octanol–water partition coefficient (Wildman–Crippen LogP) is 2.78. The van der Waals surface area contributed by atoms with E-state index < -0.39 is 0 Å². The van der Waals surface area contributed by atoms with Crippen LogP contribution in [0.15, 0.2) is 0 Å². The predicted molar refractivity (Wildman–Crippen MR) is 83.1 cm³/mol.